The molecule has 0 spiro atoms. The van der Waals surface area contributed by atoms with Gasteiger partial charge in [-0.25, -0.2) is 4.79 Å². The number of halogens is 2. The van der Waals surface area contributed by atoms with Gasteiger partial charge in [0.05, 0.1) is 39.8 Å². The van der Waals surface area contributed by atoms with Crippen LogP contribution >= 0.6 is 23.2 Å². The van der Waals surface area contributed by atoms with Crippen LogP contribution in [0.4, 0.5) is 4.79 Å². The van der Waals surface area contributed by atoms with Crippen LogP contribution in [0.1, 0.15) is 138 Å². The summed E-state index contributed by atoms with van der Waals surface area (Å²) in [6.45, 7) is 21.8. The number of fused-ring (bicyclic) bond motifs is 9. The first-order valence-electron chi connectivity index (χ1n) is 32.4. The standard InChI is InChI=1S/C24H29N5O.C18H18ClN3O.C16H17N3.C11H20N2O2.C2H3ClO2/c1-16-9-18(21-7-4-17(10-25)24-22(21)3-2-8-26-24)13-29(12-16)23(30)15-28-14-19-5-6-20(28)11-27-19;1-12-7-14(11-22(10-12)17(23)8-19)15-5-4-13(9-20)18-16(15)3-2-6-21-18;1-11-7-13(10-18-9-11)14-5-4-12(8-17)16-15(14)3-2-6-19-16;1-11(2,3)15-10(14)13-7-8-4-5-9(13)6-12-8;3-1-2(4)5/h2-4,7-8,16,18-20,27H,5-6,9,11-15H2,1H3;2-6,12,14H,7-8,10-11H2,1H3;2-6,11,13,18H,7,9-10H2,1H3;8-9,12H,4-7H2,1-3H3;1H2,(H,4,5)/t16-,18+,19?,20?;12-,14+;11-,13?;;/m111../s1. The predicted molar refractivity (Wildman–Crippen MR) is 358 cm³/mol. The molecule has 92 heavy (non-hydrogen) atoms. The number of nitrogens with one attached hydrogen (secondary N) is 3. The molecule has 9 saturated heterocycles. The minimum atomic E-state index is -0.980. The van der Waals surface area contributed by atoms with Crippen molar-refractivity contribution in [2.75, 3.05) is 83.8 Å². The number of hydrogen-bond donors (Lipinski definition) is 4. The Balaban J connectivity index is 0.000000145. The highest BCUT2D eigenvalue weighted by atomic mass is 35.5. The number of amides is 3. The monoisotopic (exact) mass is 1290 g/mol. The number of pyridine rings is 3. The largest absolute Gasteiger partial charge is 0.480 e. The van der Waals surface area contributed by atoms with E-state index in [0.29, 0.717) is 77.6 Å². The van der Waals surface area contributed by atoms with Crippen LogP contribution < -0.4 is 16.0 Å². The molecule has 486 valence electrons. The van der Waals surface area contributed by atoms with E-state index in [2.05, 4.69) is 104 Å². The van der Waals surface area contributed by atoms with Crippen molar-refractivity contribution in [3.63, 3.8) is 0 Å². The van der Waals surface area contributed by atoms with Crippen molar-refractivity contribution < 1.29 is 29.0 Å². The molecule has 9 aliphatic heterocycles. The number of carbonyl (C=O) groups excluding carboxylic acids is 3. The molecule has 3 amide bonds. The van der Waals surface area contributed by atoms with E-state index in [-0.39, 0.29) is 47.1 Å². The van der Waals surface area contributed by atoms with Crippen LogP contribution in [0, 0.1) is 51.7 Å². The average Bonchev–Trinajstić information content (AvgIpc) is 0.848. The van der Waals surface area contributed by atoms with Crippen LogP contribution in [0.3, 0.4) is 0 Å². The number of aromatic nitrogens is 3. The molecule has 15 rings (SSSR count). The summed E-state index contributed by atoms with van der Waals surface area (Å²) in [5, 5.41) is 49.1. The normalized spacial score (nSPS) is 24.9. The molecule has 10 atom stereocenters. The summed E-state index contributed by atoms with van der Waals surface area (Å²) >= 11 is 10.5. The van der Waals surface area contributed by atoms with Crippen molar-refractivity contribution in [2.24, 2.45) is 17.8 Å². The number of nitrogens with zero attached hydrogens (tertiary/aromatic N) is 10. The van der Waals surface area contributed by atoms with Gasteiger partial charge in [-0.2, -0.15) is 15.8 Å². The minimum Gasteiger partial charge on any atom is -0.480 e. The summed E-state index contributed by atoms with van der Waals surface area (Å²) < 4.78 is 5.39. The van der Waals surface area contributed by atoms with Crippen LogP contribution in [0.5, 0.6) is 0 Å². The number of hydrogen-bond acceptors (Lipinski definition) is 15. The van der Waals surface area contributed by atoms with E-state index >= 15 is 0 Å². The van der Waals surface area contributed by atoms with Gasteiger partial charge in [-0.05, 0) is 149 Å². The third-order valence-corrected chi connectivity index (χ3v) is 19.1. The first-order valence-corrected chi connectivity index (χ1v) is 33.5. The Morgan fingerprint density at radius 3 is 1.39 bits per heavy atom. The maximum atomic E-state index is 13.2. The Kier molecular flexibility index (Phi) is 23.8. The molecular weight excluding hydrogens is 1200 g/mol. The fraction of sp³-hybridized carbons (Fsp3) is 0.521. The summed E-state index contributed by atoms with van der Waals surface area (Å²) in [6.07, 6.45) is 13.1. The van der Waals surface area contributed by atoms with E-state index in [4.69, 9.17) is 33.0 Å². The van der Waals surface area contributed by atoms with Crippen LogP contribution in [0.15, 0.2) is 91.4 Å². The molecule has 6 aromatic rings. The topological polar surface area (TPSA) is 257 Å². The fourth-order valence-corrected chi connectivity index (χ4v) is 14.7. The second-order valence-electron chi connectivity index (χ2n) is 26.9. The van der Waals surface area contributed by atoms with Gasteiger partial charge in [0, 0.05) is 130 Å². The van der Waals surface area contributed by atoms with E-state index in [0.717, 1.165) is 116 Å². The number of aliphatic carboxylic acids is 1. The molecule has 9 aliphatic rings. The number of carboxylic acids is 1. The number of rotatable bonds is 7. The molecule has 21 heteroatoms. The van der Waals surface area contributed by atoms with E-state index in [1.807, 2.05) is 79.1 Å². The highest BCUT2D eigenvalue weighted by Crippen LogP contribution is 2.38. The molecule has 5 unspecified atom stereocenters. The summed E-state index contributed by atoms with van der Waals surface area (Å²) in [7, 11) is 0. The predicted octanol–water partition coefficient (Wildman–Crippen LogP) is 10.3. The SMILES string of the molecule is CC(C)(C)OC(=O)N1CC2CCC1CN2.C[C@@H]1C[C@H](c2ccc(C#N)c3ncccc23)CN(C(=O)CCl)C1.C[C@@H]1C[C@H](c2ccc(C#N)c3ncccc23)CN(C(=O)CN2CC3CCC2CN3)C1.C[C@H]1CNCC(c2ccc(C#N)c3ncccc23)C1.O=C(O)CCl. The van der Waals surface area contributed by atoms with Gasteiger partial charge in [-0.1, -0.05) is 57.2 Å². The first-order chi connectivity index (χ1) is 44.3. The number of benzene rings is 3. The molecule has 19 nitrogen and oxygen atoms in total. The van der Waals surface area contributed by atoms with E-state index < -0.39 is 5.97 Å². The van der Waals surface area contributed by atoms with Gasteiger partial charge in [0.25, 0.3) is 0 Å². The van der Waals surface area contributed by atoms with Crippen LogP contribution in [-0.4, -0.2) is 177 Å². The molecule has 3 aromatic carbocycles. The lowest BCUT2D eigenvalue weighted by Crippen LogP contribution is -2.62. The van der Waals surface area contributed by atoms with Gasteiger partial charge in [0.1, 0.15) is 35.6 Å². The summed E-state index contributed by atoms with van der Waals surface area (Å²) in [6, 6.07) is 32.3. The number of nitriles is 3. The summed E-state index contributed by atoms with van der Waals surface area (Å²) in [5.74, 6) is 1.58. The van der Waals surface area contributed by atoms with Crippen molar-refractivity contribution in [3.05, 3.63) is 125 Å². The smallest absolute Gasteiger partial charge is 0.410 e. The van der Waals surface area contributed by atoms with Crippen molar-refractivity contribution >= 4 is 79.8 Å². The van der Waals surface area contributed by atoms with Gasteiger partial charge in [-0.15, -0.1) is 23.2 Å². The van der Waals surface area contributed by atoms with Gasteiger partial charge in [0.2, 0.25) is 11.8 Å². The molecule has 0 aliphatic carbocycles. The molecule has 4 bridgehead atoms. The number of carboxylic acid groups (broad SMARTS) is 1. The van der Waals surface area contributed by atoms with Crippen LogP contribution in [0.25, 0.3) is 32.7 Å². The Morgan fingerprint density at radius 1 is 0.565 bits per heavy atom. The van der Waals surface area contributed by atoms with Crippen molar-refractivity contribution in [3.8, 4) is 18.2 Å². The van der Waals surface area contributed by atoms with E-state index in [1.54, 1.807) is 18.6 Å². The third-order valence-electron chi connectivity index (χ3n) is 18.7. The van der Waals surface area contributed by atoms with Crippen LogP contribution in [-0.2, 0) is 19.1 Å². The number of likely N-dealkylation sites (tertiary alicyclic amines) is 2. The van der Waals surface area contributed by atoms with Crippen molar-refractivity contribution in [1.29, 1.82) is 15.8 Å². The Labute approximate surface area is 550 Å². The highest BCUT2D eigenvalue weighted by Gasteiger charge is 2.39. The molecule has 12 heterocycles. The Bertz CT molecular complexity index is 3700. The fourth-order valence-electron chi connectivity index (χ4n) is 14.5. The molecular formula is C71H87Cl2N13O6. The zero-order valence-electron chi connectivity index (χ0n) is 53.8. The maximum absolute atomic E-state index is 13.2. The Hall–Kier alpha value is -7.54. The van der Waals surface area contributed by atoms with Gasteiger partial charge < -0.3 is 40.5 Å². The number of piperazine rings is 2. The second kappa shape index (κ2) is 31.9. The van der Waals surface area contributed by atoms with E-state index in [1.165, 1.54) is 36.8 Å². The molecule has 4 N–H and O–H groups in total. The average molecular weight is 1290 g/mol. The van der Waals surface area contributed by atoms with E-state index in [9.17, 15) is 35.0 Å². The zero-order valence-corrected chi connectivity index (χ0v) is 55.3. The molecule has 9 fully saturated rings. The maximum Gasteiger partial charge on any atom is 0.410 e. The lowest BCUT2D eigenvalue weighted by molar-refractivity contribution is -0.136. The van der Waals surface area contributed by atoms with Gasteiger partial charge >= 0.3 is 12.1 Å². The number of carbonyl (C=O) groups is 4. The quantitative estimate of drug-likeness (QED) is 0.108. The lowest BCUT2D eigenvalue weighted by atomic mass is 9.83. The molecule has 0 radical (unpaired) electrons. The lowest BCUT2D eigenvalue weighted by Gasteiger charge is -2.46. The number of alkyl halides is 2. The zero-order chi connectivity index (χ0) is 65.6. The van der Waals surface area contributed by atoms with Gasteiger partial charge in [0.15, 0.2) is 0 Å². The van der Waals surface area contributed by atoms with Crippen molar-refractivity contribution in [1.82, 2.24) is 50.5 Å². The Morgan fingerprint density at radius 2 is 1.01 bits per heavy atom. The third kappa shape index (κ3) is 17.4. The first kappa shape index (κ1) is 68.8. The summed E-state index contributed by atoms with van der Waals surface area (Å²) in [5.41, 5.74) is 7.50. The second-order valence-corrected chi connectivity index (χ2v) is 27.4. The number of ether oxygens (including phenoxy) is 1. The van der Waals surface area contributed by atoms with Crippen LogP contribution in [0.2, 0.25) is 0 Å². The van der Waals surface area contributed by atoms with Crippen molar-refractivity contribution in [2.45, 2.75) is 134 Å². The number of piperidine rings is 7. The minimum absolute atomic E-state index is 0.0145. The van der Waals surface area contributed by atoms with Gasteiger partial charge in [-0.3, -0.25) is 34.2 Å². The summed E-state index contributed by atoms with van der Waals surface area (Å²) in [4.78, 5) is 67.8. The molecule has 0 saturated carbocycles. The molecule has 3 aromatic heterocycles. The highest BCUT2D eigenvalue weighted by molar-refractivity contribution is 6.27.